The third-order valence-corrected chi connectivity index (χ3v) is 4.46. The number of nitrogens with zero attached hydrogens (tertiary/aromatic N) is 3. The maximum Gasteiger partial charge on any atom is 0.433 e. The zero-order chi connectivity index (χ0) is 18.7. The van der Waals surface area contributed by atoms with Crippen LogP contribution in [0.2, 0.25) is 5.02 Å². The molecule has 138 valence electrons. The summed E-state index contributed by atoms with van der Waals surface area (Å²) in [5.41, 5.74) is -0.0704. The summed E-state index contributed by atoms with van der Waals surface area (Å²) >= 11 is 5.93. The number of halogens is 4. The molecule has 1 aliphatic rings. The van der Waals surface area contributed by atoms with E-state index in [2.05, 4.69) is 4.98 Å². The number of pyridine rings is 1. The molecule has 0 spiro atoms. The Morgan fingerprint density at radius 2 is 1.77 bits per heavy atom. The van der Waals surface area contributed by atoms with E-state index in [-0.39, 0.29) is 18.1 Å². The van der Waals surface area contributed by atoms with Crippen LogP contribution in [0.3, 0.4) is 0 Å². The molecule has 3 rings (SSSR count). The van der Waals surface area contributed by atoms with E-state index in [0.29, 0.717) is 31.2 Å². The summed E-state index contributed by atoms with van der Waals surface area (Å²) in [6.45, 7) is 1.76. The fourth-order valence-corrected chi connectivity index (χ4v) is 3.09. The molecule has 0 unspecified atom stereocenters. The number of carbonyl (C=O) groups is 1. The zero-order valence-electron chi connectivity index (χ0n) is 13.8. The van der Waals surface area contributed by atoms with Crippen LogP contribution in [0.1, 0.15) is 11.3 Å². The fourth-order valence-electron chi connectivity index (χ4n) is 2.88. The molecule has 1 aromatic heterocycles. The van der Waals surface area contributed by atoms with Crippen molar-refractivity contribution in [3.63, 3.8) is 0 Å². The average molecular weight is 384 g/mol. The second kappa shape index (κ2) is 7.53. The van der Waals surface area contributed by atoms with Crippen molar-refractivity contribution in [1.29, 1.82) is 0 Å². The van der Waals surface area contributed by atoms with Crippen LogP contribution < -0.4 is 4.90 Å². The Labute approximate surface area is 154 Å². The molecular formula is C18H17ClF3N3O. The van der Waals surface area contributed by atoms with Crippen molar-refractivity contribution in [2.45, 2.75) is 12.6 Å². The van der Waals surface area contributed by atoms with E-state index in [1.165, 1.54) is 6.07 Å². The summed E-state index contributed by atoms with van der Waals surface area (Å²) in [6, 6.07) is 11.0. The maximum absolute atomic E-state index is 12.8. The van der Waals surface area contributed by atoms with Crippen molar-refractivity contribution < 1.29 is 18.0 Å². The van der Waals surface area contributed by atoms with Crippen LogP contribution in [-0.4, -0.2) is 42.0 Å². The largest absolute Gasteiger partial charge is 0.433 e. The van der Waals surface area contributed by atoms with Crippen LogP contribution in [0.5, 0.6) is 0 Å². The van der Waals surface area contributed by atoms with Gasteiger partial charge in [-0.3, -0.25) is 4.79 Å². The lowest BCUT2D eigenvalue weighted by Gasteiger charge is -2.35. The molecule has 0 radical (unpaired) electrons. The lowest BCUT2D eigenvalue weighted by atomic mass is 10.1. The van der Waals surface area contributed by atoms with Gasteiger partial charge in [0.15, 0.2) is 0 Å². The van der Waals surface area contributed by atoms with E-state index in [1.807, 2.05) is 6.07 Å². The van der Waals surface area contributed by atoms with Gasteiger partial charge in [-0.1, -0.05) is 29.8 Å². The first-order valence-corrected chi connectivity index (χ1v) is 8.52. The minimum absolute atomic E-state index is 0.0241. The minimum Gasteiger partial charge on any atom is -0.353 e. The van der Waals surface area contributed by atoms with Gasteiger partial charge in [0.05, 0.1) is 6.42 Å². The van der Waals surface area contributed by atoms with Gasteiger partial charge in [0, 0.05) is 31.2 Å². The fraction of sp³-hybridized carbons (Fsp3) is 0.333. The van der Waals surface area contributed by atoms with Gasteiger partial charge in [0.1, 0.15) is 11.5 Å². The molecule has 1 saturated heterocycles. The Balaban J connectivity index is 1.60. The highest BCUT2D eigenvalue weighted by Gasteiger charge is 2.33. The van der Waals surface area contributed by atoms with Crippen LogP contribution in [0.4, 0.5) is 19.0 Å². The van der Waals surface area contributed by atoms with Crippen molar-refractivity contribution in [2.75, 3.05) is 31.1 Å². The van der Waals surface area contributed by atoms with E-state index >= 15 is 0 Å². The Kier molecular flexibility index (Phi) is 5.36. The van der Waals surface area contributed by atoms with E-state index < -0.39 is 11.9 Å². The van der Waals surface area contributed by atoms with Gasteiger partial charge in [-0.05, 0) is 29.8 Å². The Morgan fingerprint density at radius 3 is 2.42 bits per heavy atom. The van der Waals surface area contributed by atoms with Gasteiger partial charge < -0.3 is 9.80 Å². The van der Waals surface area contributed by atoms with Gasteiger partial charge in [-0.15, -0.1) is 0 Å². The second-order valence-corrected chi connectivity index (χ2v) is 6.49. The summed E-state index contributed by atoms with van der Waals surface area (Å²) in [6.07, 6.45) is -4.22. The first kappa shape index (κ1) is 18.5. The molecule has 0 atom stereocenters. The van der Waals surface area contributed by atoms with Crippen LogP contribution in [0, 0.1) is 0 Å². The normalized spacial score (nSPS) is 15.2. The molecular weight excluding hydrogens is 367 g/mol. The van der Waals surface area contributed by atoms with Gasteiger partial charge in [0.2, 0.25) is 5.91 Å². The summed E-state index contributed by atoms with van der Waals surface area (Å²) in [5.74, 6) is 0.255. The molecule has 0 aliphatic carbocycles. The smallest absolute Gasteiger partial charge is 0.353 e. The minimum atomic E-state index is -4.47. The summed E-state index contributed by atoms with van der Waals surface area (Å²) in [7, 11) is 0. The summed E-state index contributed by atoms with van der Waals surface area (Å²) in [5, 5.41) is 0.579. The van der Waals surface area contributed by atoms with Gasteiger partial charge in [-0.2, -0.15) is 13.2 Å². The number of carbonyl (C=O) groups excluding carboxylic acids is 1. The maximum atomic E-state index is 12.8. The predicted octanol–water partition coefficient (Wildman–Crippen LogP) is 3.65. The first-order chi connectivity index (χ1) is 12.3. The zero-order valence-corrected chi connectivity index (χ0v) is 14.6. The number of amides is 1. The van der Waals surface area contributed by atoms with Crippen molar-refractivity contribution >= 4 is 23.3 Å². The molecule has 2 aromatic rings. The van der Waals surface area contributed by atoms with Gasteiger partial charge in [-0.25, -0.2) is 4.98 Å². The van der Waals surface area contributed by atoms with Crippen molar-refractivity contribution in [3.05, 3.63) is 58.7 Å². The SMILES string of the molecule is O=C(Cc1cccc(Cl)c1)N1CCN(c2cccc(C(F)(F)F)n2)CC1. The van der Waals surface area contributed by atoms with E-state index in [4.69, 9.17) is 11.6 Å². The molecule has 0 N–H and O–H groups in total. The number of benzene rings is 1. The van der Waals surface area contributed by atoms with Crippen LogP contribution in [0.25, 0.3) is 0 Å². The molecule has 1 aliphatic heterocycles. The van der Waals surface area contributed by atoms with Crippen molar-refractivity contribution in [2.24, 2.45) is 0 Å². The molecule has 0 saturated carbocycles. The molecule has 26 heavy (non-hydrogen) atoms. The monoisotopic (exact) mass is 383 g/mol. The van der Waals surface area contributed by atoms with Crippen molar-refractivity contribution in [1.82, 2.24) is 9.88 Å². The quantitative estimate of drug-likeness (QED) is 0.812. The van der Waals surface area contributed by atoms with Crippen LogP contribution in [0.15, 0.2) is 42.5 Å². The summed E-state index contributed by atoms with van der Waals surface area (Å²) in [4.78, 5) is 19.6. The number of hydrogen-bond donors (Lipinski definition) is 0. The molecule has 4 nitrogen and oxygen atoms in total. The number of anilines is 1. The highest BCUT2D eigenvalue weighted by molar-refractivity contribution is 6.30. The van der Waals surface area contributed by atoms with Gasteiger partial charge in [0.25, 0.3) is 0 Å². The molecule has 1 aromatic carbocycles. The van der Waals surface area contributed by atoms with E-state index in [0.717, 1.165) is 11.6 Å². The number of rotatable bonds is 3. The van der Waals surface area contributed by atoms with Crippen LogP contribution in [-0.2, 0) is 17.4 Å². The van der Waals surface area contributed by atoms with Crippen LogP contribution >= 0.6 is 11.6 Å². The third kappa shape index (κ3) is 4.46. The second-order valence-electron chi connectivity index (χ2n) is 6.05. The molecule has 1 fully saturated rings. The van der Waals surface area contributed by atoms with E-state index in [9.17, 15) is 18.0 Å². The number of alkyl halides is 3. The Morgan fingerprint density at radius 1 is 1.08 bits per heavy atom. The molecule has 0 bridgehead atoms. The van der Waals surface area contributed by atoms with Gasteiger partial charge >= 0.3 is 6.18 Å². The molecule has 1 amide bonds. The highest BCUT2D eigenvalue weighted by Crippen LogP contribution is 2.29. The Bertz CT molecular complexity index is 789. The lowest BCUT2D eigenvalue weighted by molar-refractivity contribution is -0.141. The number of aromatic nitrogens is 1. The Hall–Kier alpha value is -2.28. The topological polar surface area (TPSA) is 36.4 Å². The number of hydrogen-bond acceptors (Lipinski definition) is 3. The average Bonchev–Trinajstić information content (AvgIpc) is 2.61. The molecule has 2 heterocycles. The first-order valence-electron chi connectivity index (χ1n) is 8.14. The predicted molar refractivity (Wildman–Crippen MR) is 93.2 cm³/mol. The third-order valence-electron chi connectivity index (χ3n) is 4.23. The lowest BCUT2D eigenvalue weighted by Crippen LogP contribution is -2.49. The van der Waals surface area contributed by atoms with E-state index in [1.54, 1.807) is 34.1 Å². The number of piperazine rings is 1. The standard InChI is InChI=1S/C18H17ClF3N3O/c19-14-4-1-3-13(11-14)12-17(26)25-9-7-24(8-10-25)16-6-2-5-15(23-16)18(20,21)22/h1-6,11H,7-10,12H2. The molecule has 8 heteroatoms. The summed E-state index contributed by atoms with van der Waals surface area (Å²) < 4.78 is 38.4. The van der Waals surface area contributed by atoms with Crippen molar-refractivity contribution in [3.8, 4) is 0 Å². The highest BCUT2D eigenvalue weighted by atomic mass is 35.5.